The summed E-state index contributed by atoms with van der Waals surface area (Å²) in [5.41, 5.74) is 2.25. The lowest BCUT2D eigenvalue weighted by atomic mass is 10.1. The molecule has 0 spiro atoms. The summed E-state index contributed by atoms with van der Waals surface area (Å²) < 4.78 is 13.2. The van der Waals surface area contributed by atoms with Gasteiger partial charge in [0.1, 0.15) is 5.82 Å². The van der Waals surface area contributed by atoms with E-state index in [1.54, 1.807) is 6.07 Å². The van der Waals surface area contributed by atoms with Crippen LogP contribution >= 0.6 is 0 Å². The summed E-state index contributed by atoms with van der Waals surface area (Å²) in [4.78, 5) is 2.59. The summed E-state index contributed by atoms with van der Waals surface area (Å²) >= 11 is 0. The number of likely N-dealkylation sites (tertiary alicyclic amines) is 1. The Morgan fingerprint density at radius 2 is 2.17 bits per heavy atom. The van der Waals surface area contributed by atoms with E-state index in [0.717, 1.165) is 18.2 Å². The molecular weight excluding hydrogens is 227 g/mol. The van der Waals surface area contributed by atoms with Crippen LogP contribution in [0.5, 0.6) is 0 Å². The first-order chi connectivity index (χ1) is 8.72. The molecule has 1 saturated carbocycles. The lowest BCUT2D eigenvalue weighted by Gasteiger charge is -2.16. The molecule has 18 heavy (non-hydrogen) atoms. The van der Waals surface area contributed by atoms with Crippen LogP contribution in [0.3, 0.4) is 0 Å². The minimum atomic E-state index is -0.136. The van der Waals surface area contributed by atoms with Gasteiger partial charge in [-0.15, -0.1) is 0 Å². The van der Waals surface area contributed by atoms with Crippen molar-refractivity contribution in [2.45, 2.75) is 44.8 Å². The second-order valence-electron chi connectivity index (χ2n) is 5.66. The van der Waals surface area contributed by atoms with Gasteiger partial charge in [-0.2, -0.15) is 0 Å². The Balaban J connectivity index is 1.53. The third kappa shape index (κ3) is 2.73. The zero-order valence-corrected chi connectivity index (χ0v) is 11.0. The molecule has 1 heterocycles. The van der Waals surface area contributed by atoms with Crippen molar-refractivity contribution in [1.82, 2.24) is 10.2 Å². The highest BCUT2D eigenvalue weighted by atomic mass is 19.1. The van der Waals surface area contributed by atoms with E-state index in [1.807, 2.05) is 13.0 Å². The van der Waals surface area contributed by atoms with Crippen molar-refractivity contribution in [1.29, 1.82) is 0 Å². The largest absolute Gasteiger partial charge is 0.309 e. The molecule has 0 aromatic heterocycles. The van der Waals surface area contributed by atoms with Gasteiger partial charge in [0.2, 0.25) is 0 Å². The minimum Gasteiger partial charge on any atom is -0.309 e. The first kappa shape index (κ1) is 12.1. The first-order valence-electron chi connectivity index (χ1n) is 6.95. The van der Waals surface area contributed by atoms with Crippen molar-refractivity contribution in [3.05, 3.63) is 35.1 Å². The molecule has 3 rings (SSSR count). The van der Waals surface area contributed by atoms with Crippen molar-refractivity contribution < 1.29 is 4.39 Å². The minimum absolute atomic E-state index is 0.136. The summed E-state index contributed by atoms with van der Waals surface area (Å²) in [5.74, 6) is -0.136. The predicted molar refractivity (Wildman–Crippen MR) is 71.0 cm³/mol. The Labute approximate surface area is 108 Å². The SMILES string of the molecule is Cc1ccc(F)cc1CNC1CCN(C2CC2)C1. The zero-order chi connectivity index (χ0) is 12.5. The Kier molecular flexibility index (Phi) is 3.35. The van der Waals surface area contributed by atoms with Crippen LogP contribution in [0.4, 0.5) is 4.39 Å². The zero-order valence-electron chi connectivity index (χ0n) is 11.0. The number of nitrogens with one attached hydrogen (secondary N) is 1. The number of aryl methyl sites for hydroxylation is 1. The van der Waals surface area contributed by atoms with E-state index in [9.17, 15) is 4.39 Å². The van der Waals surface area contributed by atoms with Gasteiger partial charge in [0.05, 0.1) is 0 Å². The van der Waals surface area contributed by atoms with Gasteiger partial charge in [-0.1, -0.05) is 6.07 Å². The van der Waals surface area contributed by atoms with Crippen LogP contribution in [0.1, 0.15) is 30.4 Å². The molecule has 3 heteroatoms. The predicted octanol–water partition coefficient (Wildman–Crippen LogP) is 2.46. The number of hydrogen-bond donors (Lipinski definition) is 1. The third-order valence-corrected chi connectivity index (χ3v) is 4.18. The lowest BCUT2D eigenvalue weighted by Crippen LogP contribution is -2.33. The van der Waals surface area contributed by atoms with E-state index < -0.39 is 0 Å². The molecule has 1 aliphatic carbocycles. The van der Waals surface area contributed by atoms with Crippen LogP contribution in [-0.2, 0) is 6.54 Å². The van der Waals surface area contributed by atoms with Gasteiger partial charge < -0.3 is 5.32 Å². The maximum Gasteiger partial charge on any atom is 0.123 e. The van der Waals surface area contributed by atoms with Gasteiger partial charge in [-0.05, 0) is 49.4 Å². The van der Waals surface area contributed by atoms with E-state index in [-0.39, 0.29) is 5.82 Å². The monoisotopic (exact) mass is 248 g/mol. The van der Waals surface area contributed by atoms with Crippen LogP contribution in [0.15, 0.2) is 18.2 Å². The van der Waals surface area contributed by atoms with Crippen molar-refractivity contribution in [3.8, 4) is 0 Å². The molecule has 1 N–H and O–H groups in total. The summed E-state index contributed by atoms with van der Waals surface area (Å²) in [6.07, 6.45) is 4.00. The summed E-state index contributed by atoms with van der Waals surface area (Å²) in [6, 6.07) is 6.48. The van der Waals surface area contributed by atoms with Gasteiger partial charge in [0.25, 0.3) is 0 Å². The first-order valence-corrected chi connectivity index (χ1v) is 6.95. The molecular formula is C15H21FN2. The van der Waals surface area contributed by atoms with E-state index in [0.29, 0.717) is 6.04 Å². The van der Waals surface area contributed by atoms with Gasteiger partial charge >= 0.3 is 0 Å². The highest BCUT2D eigenvalue weighted by Gasteiger charge is 2.34. The lowest BCUT2D eigenvalue weighted by molar-refractivity contribution is 0.317. The van der Waals surface area contributed by atoms with E-state index in [4.69, 9.17) is 0 Å². The third-order valence-electron chi connectivity index (χ3n) is 4.18. The number of rotatable bonds is 4. The average Bonchev–Trinajstić information content (AvgIpc) is 3.10. The van der Waals surface area contributed by atoms with E-state index in [2.05, 4.69) is 10.2 Å². The molecule has 0 amide bonds. The number of nitrogens with zero attached hydrogens (tertiary/aromatic N) is 1. The maximum atomic E-state index is 13.2. The fraction of sp³-hybridized carbons (Fsp3) is 0.600. The fourth-order valence-electron chi connectivity index (χ4n) is 2.81. The van der Waals surface area contributed by atoms with Crippen LogP contribution in [0.25, 0.3) is 0 Å². The highest BCUT2D eigenvalue weighted by molar-refractivity contribution is 5.26. The van der Waals surface area contributed by atoms with Gasteiger partial charge in [0.15, 0.2) is 0 Å². The molecule has 1 aromatic carbocycles. The topological polar surface area (TPSA) is 15.3 Å². The normalized spacial score (nSPS) is 24.7. The molecule has 2 aliphatic rings. The molecule has 2 nitrogen and oxygen atoms in total. The van der Waals surface area contributed by atoms with Gasteiger partial charge in [-0.3, -0.25) is 4.90 Å². The Hall–Kier alpha value is -0.930. The quantitative estimate of drug-likeness (QED) is 0.880. The molecule has 1 aliphatic heterocycles. The number of halogens is 1. The maximum absolute atomic E-state index is 13.2. The molecule has 0 radical (unpaired) electrons. The molecule has 1 unspecified atom stereocenters. The molecule has 1 atom stereocenters. The molecule has 1 saturated heterocycles. The van der Waals surface area contributed by atoms with Crippen molar-refractivity contribution in [2.24, 2.45) is 0 Å². The second kappa shape index (κ2) is 4.98. The van der Waals surface area contributed by atoms with Gasteiger partial charge in [-0.25, -0.2) is 4.39 Å². The second-order valence-corrected chi connectivity index (χ2v) is 5.66. The van der Waals surface area contributed by atoms with Gasteiger partial charge in [0, 0.05) is 31.7 Å². The smallest absolute Gasteiger partial charge is 0.123 e. The van der Waals surface area contributed by atoms with Crippen LogP contribution in [0.2, 0.25) is 0 Å². The highest BCUT2D eigenvalue weighted by Crippen LogP contribution is 2.29. The summed E-state index contributed by atoms with van der Waals surface area (Å²) in [7, 11) is 0. The van der Waals surface area contributed by atoms with Crippen molar-refractivity contribution in [2.75, 3.05) is 13.1 Å². The standard InChI is InChI=1S/C15H21FN2/c1-11-2-3-13(16)8-12(11)9-17-14-6-7-18(10-14)15-4-5-15/h2-3,8,14-15,17H,4-7,9-10H2,1H3. The van der Waals surface area contributed by atoms with E-state index >= 15 is 0 Å². The molecule has 0 bridgehead atoms. The van der Waals surface area contributed by atoms with E-state index in [1.165, 1.54) is 44.0 Å². The number of benzene rings is 1. The molecule has 1 aromatic rings. The van der Waals surface area contributed by atoms with Crippen LogP contribution in [0, 0.1) is 12.7 Å². The Morgan fingerprint density at radius 1 is 1.33 bits per heavy atom. The Morgan fingerprint density at radius 3 is 2.94 bits per heavy atom. The van der Waals surface area contributed by atoms with Crippen LogP contribution in [-0.4, -0.2) is 30.1 Å². The van der Waals surface area contributed by atoms with Crippen LogP contribution < -0.4 is 5.32 Å². The summed E-state index contributed by atoms with van der Waals surface area (Å²) in [6.45, 7) is 5.22. The Bertz CT molecular complexity index is 429. The van der Waals surface area contributed by atoms with Crippen molar-refractivity contribution >= 4 is 0 Å². The molecule has 98 valence electrons. The fourth-order valence-corrected chi connectivity index (χ4v) is 2.81. The van der Waals surface area contributed by atoms with Crippen molar-refractivity contribution in [3.63, 3.8) is 0 Å². The number of hydrogen-bond acceptors (Lipinski definition) is 2. The molecule has 2 fully saturated rings. The summed E-state index contributed by atoms with van der Waals surface area (Å²) in [5, 5.41) is 3.57. The average molecular weight is 248 g/mol.